The molecule has 1 aliphatic rings. The topological polar surface area (TPSA) is 29.5 Å². The van der Waals surface area contributed by atoms with E-state index in [2.05, 4.69) is 157 Å². The molecule has 1 aromatic heterocycles. The lowest BCUT2D eigenvalue weighted by atomic mass is 9.91. The van der Waals surface area contributed by atoms with E-state index in [0.29, 0.717) is 0 Å². The fourth-order valence-electron chi connectivity index (χ4n) is 7.19. The van der Waals surface area contributed by atoms with Crippen molar-refractivity contribution in [2.75, 3.05) is 4.67 Å². The second kappa shape index (κ2) is 11.0. The largest absolute Gasteiger partial charge is 0.403 e. The Morgan fingerprint density at radius 3 is 1.61 bits per heavy atom. The Kier molecular flexibility index (Phi) is 6.47. The minimum Gasteiger partial charge on any atom is -0.403 e. The summed E-state index contributed by atoms with van der Waals surface area (Å²) in [4.78, 5) is 0. The lowest BCUT2D eigenvalue weighted by molar-refractivity contribution is 0.585. The van der Waals surface area contributed by atoms with E-state index in [0.717, 1.165) is 67.8 Å². The summed E-state index contributed by atoms with van der Waals surface area (Å²) in [7, 11) is -1.61. The lowest BCUT2D eigenvalue weighted by Crippen LogP contribution is -2.30. The summed E-state index contributed by atoms with van der Waals surface area (Å²) < 4.78 is 17.2. The van der Waals surface area contributed by atoms with Crippen molar-refractivity contribution in [1.82, 2.24) is 0 Å². The van der Waals surface area contributed by atoms with Crippen LogP contribution in [0, 0.1) is 0 Å². The summed E-state index contributed by atoms with van der Waals surface area (Å²) in [5.74, 6) is 0. The number of fused-ring (bicyclic) bond motifs is 8. The van der Waals surface area contributed by atoms with Crippen LogP contribution in [0.15, 0.2) is 154 Å². The predicted octanol–water partition coefficient (Wildman–Crippen LogP) is 12.5. The summed E-state index contributed by atoms with van der Waals surface area (Å²) in [6, 6.07) is 52.2. The summed E-state index contributed by atoms with van der Waals surface area (Å²) >= 11 is 0. The standard InChI is InChI=1S/C42H32NO2P/c1-28-24-25-31-18-10-13-23-38(31)43(28)46-44-41-36(29-14-4-2-5-15-29)26-32-19-8-11-21-34(32)39(41)40-35-22-12-9-20-33(35)27-37(42(40)45-46)30-16-6-3-7-17-30/h2-23,26-28H,24-25H2,1H3/t28-/m0/s1. The molecule has 0 aliphatic carbocycles. The number of nitrogens with zero attached hydrogens (tertiary/aromatic N) is 1. The lowest BCUT2D eigenvalue weighted by Gasteiger charge is -2.33. The van der Waals surface area contributed by atoms with Gasteiger partial charge < -0.3 is 8.39 Å². The molecule has 8 aromatic rings. The Morgan fingerprint density at radius 2 is 1.04 bits per heavy atom. The molecule has 0 saturated heterocycles. The highest BCUT2D eigenvalue weighted by atomic mass is 31.1. The van der Waals surface area contributed by atoms with E-state index in [1.807, 2.05) is 0 Å². The summed E-state index contributed by atoms with van der Waals surface area (Å²) in [6.45, 7) is 2.30. The molecule has 7 aromatic carbocycles. The molecule has 0 saturated carbocycles. The number of benzene rings is 7. The second-order valence-electron chi connectivity index (χ2n) is 12.2. The van der Waals surface area contributed by atoms with E-state index in [9.17, 15) is 0 Å². The number of anilines is 1. The molecule has 0 bridgehead atoms. The fraction of sp³-hybridized carbons (Fsp3) is 0.0952. The summed E-state index contributed by atoms with van der Waals surface area (Å²) in [5.41, 5.74) is 8.68. The third kappa shape index (κ3) is 4.35. The third-order valence-electron chi connectivity index (χ3n) is 9.42. The highest BCUT2D eigenvalue weighted by Gasteiger charge is 2.29. The molecule has 9 rings (SSSR count). The van der Waals surface area contributed by atoms with Crippen molar-refractivity contribution in [3.8, 4) is 22.3 Å². The first-order valence-electron chi connectivity index (χ1n) is 16.0. The van der Waals surface area contributed by atoms with Crippen LogP contribution in [0.25, 0.3) is 65.7 Å². The molecule has 46 heavy (non-hydrogen) atoms. The smallest absolute Gasteiger partial charge is 0.341 e. The van der Waals surface area contributed by atoms with Gasteiger partial charge >= 0.3 is 8.16 Å². The van der Waals surface area contributed by atoms with Crippen LogP contribution in [0.3, 0.4) is 0 Å². The highest BCUT2D eigenvalue weighted by Crippen LogP contribution is 2.51. The number of para-hydroxylation sites is 1. The van der Waals surface area contributed by atoms with Gasteiger partial charge in [-0.05, 0) is 76.2 Å². The minimum absolute atomic E-state index is 0.243. The molecule has 0 spiro atoms. The Balaban J connectivity index is 1.57. The number of aryl methyl sites for hydroxylation is 1. The quantitative estimate of drug-likeness (QED) is 0.199. The summed E-state index contributed by atoms with van der Waals surface area (Å²) in [6.07, 6.45) is 2.08. The van der Waals surface area contributed by atoms with Crippen molar-refractivity contribution in [3.05, 3.63) is 151 Å². The van der Waals surface area contributed by atoms with E-state index in [4.69, 9.17) is 8.39 Å². The summed E-state index contributed by atoms with van der Waals surface area (Å²) in [5, 5.41) is 6.83. The van der Waals surface area contributed by atoms with Gasteiger partial charge in [-0.1, -0.05) is 127 Å². The van der Waals surface area contributed by atoms with Crippen LogP contribution >= 0.6 is 8.16 Å². The average molecular weight is 614 g/mol. The fourth-order valence-corrected chi connectivity index (χ4v) is 8.90. The molecule has 0 N–H and O–H groups in total. The molecule has 1 aliphatic heterocycles. The zero-order chi connectivity index (χ0) is 30.6. The number of hydrogen-bond acceptors (Lipinski definition) is 3. The van der Waals surface area contributed by atoms with Gasteiger partial charge in [-0.2, -0.15) is 0 Å². The monoisotopic (exact) mass is 613 g/mol. The van der Waals surface area contributed by atoms with Gasteiger partial charge in [0, 0.05) is 27.9 Å². The van der Waals surface area contributed by atoms with Gasteiger partial charge in [-0.25, -0.2) is 0 Å². The zero-order valence-electron chi connectivity index (χ0n) is 25.6. The van der Waals surface area contributed by atoms with Crippen molar-refractivity contribution in [3.63, 3.8) is 0 Å². The molecule has 0 radical (unpaired) electrons. The Bertz CT molecular complexity index is 2310. The zero-order valence-corrected chi connectivity index (χ0v) is 26.5. The molecule has 1 atom stereocenters. The van der Waals surface area contributed by atoms with Crippen LogP contribution < -0.4 is 4.67 Å². The van der Waals surface area contributed by atoms with Crippen LogP contribution in [0.2, 0.25) is 0 Å². The van der Waals surface area contributed by atoms with Gasteiger partial charge in [-0.3, -0.25) is 4.67 Å². The van der Waals surface area contributed by atoms with Gasteiger partial charge in [0.25, 0.3) is 0 Å². The first-order chi connectivity index (χ1) is 22.7. The normalized spacial score (nSPS) is 14.6. The van der Waals surface area contributed by atoms with E-state index in [1.54, 1.807) is 0 Å². The maximum atomic E-state index is 7.41. The molecule has 222 valence electrons. The molecule has 3 nitrogen and oxygen atoms in total. The van der Waals surface area contributed by atoms with E-state index in [-0.39, 0.29) is 6.04 Å². The van der Waals surface area contributed by atoms with Crippen molar-refractivity contribution in [2.45, 2.75) is 25.8 Å². The van der Waals surface area contributed by atoms with E-state index < -0.39 is 8.16 Å². The van der Waals surface area contributed by atoms with Crippen molar-refractivity contribution < 1.29 is 8.39 Å². The first kappa shape index (κ1) is 27.1. The Labute approximate surface area is 268 Å². The number of hydrogen-bond donors (Lipinski definition) is 0. The van der Waals surface area contributed by atoms with Crippen LogP contribution in [-0.2, 0) is 6.42 Å². The van der Waals surface area contributed by atoms with Gasteiger partial charge in [-0.15, -0.1) is 0 Å². The third-order valence-corrected chi connectivity index (χ3v) is 11.1. The van der Waals surface area contributed by atoms with Gasteiger partial charge in [0.05, 0.1) is 5.69 Å². The van der Waals surface area contributed by atoms with Crippen molar-refractivity contribution >= 4 is 57.3 Å². The van der Waals surface area contributed by atoms with E-state index in [1.165, 1.54) is 22.0 Å². The van der Waals surface area contributed by atoms with Crippen LogP contribution in [0.5, 0.6) is 0 Å². The van der Waals surface area contributed by atoms with E-state index >= 15 is 0 Å². The van der Waals surface area contributed by atoms with Crippen molar-refractivity contribution in [1.29, 1.82) is 0 Å². The maximum Gasteiger partial charge on any atom is 0.341 e. The van der Waals surface area contributed by atoms with Gasteiger partial charge in [0.1, 0.15) is 0 Å². The Hall–Kier alpha value is -5.24. The maximum absolute atomic E-state index is 7.41. The first-order valence-corrected chi connectivity index (χ1v) is 17.1. The Morgan fingerprint density at radius 1 is 0.565 bits per heavy atom. The molecular weight excluding hydrogens is 581 g/mol. The molecule has 2 heterocycles. The van der Waals surface area contributed by atoms with Crippen LogP contribution in [0.4, 0.5) is 5.69 Å². The molecular formula is C42H32NO2P. The van der Waals surface area contributed by atoms with Gasteiger partial charge in [0.15, 0.2) is 11.2 Å². The highest BCUT2D eigenvalue weighted by molar-refractivity contribution is 7.39. The minimum atomic E-state index is -1.61. The van der Waals surface area contributed by atoms with Crippen LogP contribution in [-0.4, -0.2) is 6.04 Å². The molecule has 0 amide bonds. The van der Waals surface area contributed by atoms with Crippen LogP contribution in [0.1, 0.15) is 18.9 Å². The SMILES string of the molecule is C[C@H]1CCc2ccccc2N1p1oc2c(-c3ccccc3)cc3ccccc3c2c2c(o1)c(-c1ccccc1)cc1ccccc12. The molecule has 0 unspecified atom stereocenters. The second-order valence-corrected chi connectivity index (χ2v) is 13.5. The van der Waals surface area contributed by atoms with Crippen molar-refractivity contribution in [2.24, 2.45) is 0 Å². The average Bonchev–Trinajstić information content (AvgIpc) is 3.29. The molecule has 0 fully saturated rings. The van der Waals surface area contributed by atoms with Gasteiger partial charge in [0.2, 0.25) is 0 Å². The molecule has 4 heteroatoms. The predicted molar refractivity (Wildman–Crippen MR) is 194 cm³/mol. The number of rotatable bonds is 3.